The number of esters is 1. The minimum Gasteiger partial charge on any atom is -0.458 e. The highest BCUT2D eigenvalue weighted by Gasteiger charge is 2.45. The van der Waals surface area contributed by atoms with Crippen LogP contribution in [-0.2, 0) is 39.6 Å². The number of ether oxygens (including phenoxy) is 1. The van der Waals surface area contributed by atoms with Gasteiger partial charge in [-0.05, 0) is 49.6 Å². The third kappa shape index (κ3) is 3.70. The van der Waals surface area contributed by atoms with E-state index in [-0.39, 0.29) is 55.1 Å². The molecule has 0 fully saturated rings. The Balaban J connectivity index is 1.72. The van der Waals surface area contributed by atoms with Crippen LogP contribution in [0.5, 0.6) is 0 Å². The minimum absolute atomic E-state index is 0.0356. The molecule has 0 saturated carbocycles. The number of aryl methyl sites for hydroxylation is 1. The van der Waals surface area contributed by atoms with Gasteiger partial charge >= 0.3 is 5.97 Å². The van der Waals surface area contributed by atoms with E-state index in [0.29, 0.717) is 21.9 Å². The Labute approximate surface area is 211 Å². The van der Waals surface area contributed by atoms with Crippen molar-refractivity contribution in [3.63, 3.8) is 0 Å². The number of benzene rings is 1. The third-order valence-electron chi connectivity index (χ3n) is 7.03. The van der Waals surface area contributed by atoms with Crippen molar-refractivity contribution in [2.45, 2.75) is 65.0 Å². The van der Waals surface area contributed by atoms with E-state index in [9.17, 15) is 24.6 Å². The van der Waals surface area contributed by atoms with Crippen LogP contribution in [0.3, 0.4) is 0 Å². The van der Waals surface area contributed by atoms with Gasteiger partial charge in [0.15, 0.2) is 5.60 Å². The molecule has 4 heterocycles. The molecule has 5 rings (SSSR count). The number of aliphatic hydroxyl groups excluding tert-OH is 1. The maximum absolute atomic E-state index is 13.5. The first kappa shape index (κ1) is 24.4. The van der Waals surface area contributed by atoms with E-state index >= 15 is 0 Å². The predicted octanol–water partition coefficient (Wildman–Crippen LogP) is 2.43. The number of carbonyl (C=O) groups is 2. The molecule has 10 heteroatoms. The van der Waals surface area contributed by atoms with Crippen molar-refractivity contribution in [2.75, 3.05) is 0 Å². The van der Waals surface area contributed by atoms with Gasteiger partial charge in [-0.2, -0.15) is 0 Å². The molecule has 0 saturated heterocycles. The number of nitrogens with zero attached hydrogens (tertiary/aromatic N) is 2. The van der Waals surface area contributed by atoms with Gasteiger partial charge in [0, 0.05) is 28.1 Å². The quantitative estimate of drug-likeness (QED) is 0.351. The summed E-state index contributed by atoms with van der Waals surface area (Å²) >= 11 is 6.39. The zero-order chi connectivity index (χ0) is 25.9. The van der Waals surface area contributed by atoms with E-state index in [4.69, 9.17) is 21.3 Å². The maximum Gasteiger partial charge on any atom is 0.343 e. The molecule has 0 unspecified atom stereocenters. The normalized spacial score (nSPS) is 18.9. The van der Waals surface area contributed by atoms with Gasteiger partial charge in [0.1, 0.15) is 6.61 Å². The average molecular weight is 512 g/mol. The molecule has 2 atom stereocenters. The number of carbonyl (C=O) groups excluding carboxylic acids is 2. The Morgan fingerprint density at radius 3 is 2.75 bits per heavy atom. The maximum atomic E-state index is 13.5. The molecule has 9 nitrogen and oxygen atoms in total. The van der Waals surface area contributed by atoms with Crippen LogP contribution in [0, 0.1) is 6.92 Å². The van der Waals surface area contributed by atoms with Crippen LogP contribution in [0.25, 0.3) is 22.3 Å². The molecule has 36 heavy (non-hydrogen) atoms. The summed E-state index contributed by atoms with van der Waals surface area (Å²) in [5, 5.41) is 24.8. The molecule has 2 aromatic heterocycles. The number of hydrogen-bond acceptors (Lipinski definition) is 7. The van der Waals surface area contributed by atoms with Gasteiger partial charge in [-0.3, -0.25) is 9.59 Å². The summed E-state index contributed by atoms with van der Waals surface area (Å²) in [6.07, 6.45) is -0.760. The van der Waals surface area contributed by atoms with Gasteiger partial charge < -0.3 is 24.8 Å². The molecular formula is C26H26ClN3O6. The first-order chi connectivity index (χ1) is 17.0. The summed E-state index contributed by atoms with van der Waals surface area (Å²) in [4.78, 5) is 43.1. The summed E-state index contributed by atoms with van der Waals surface area (Å²) < 4.78 is 6.69. The second-order valence-electron chi connectivity index (χ2n) is 9.47. The molecule has 3 N–H and O–H groups in total. The average Bonchev–Trinajstić information content (AvgIpc) is 3.19. The van der Waals surface area contributed by atoms with Gasteiger partial charge in [0.05, 0.1) is 41.5 Å². The fourth-order valence-electron chi connectivity index (χ4n) is 5.02. The lowest BCUT2D eigenvalue weighted by molar-refractivity contribution is -0.172. The number of pyridine rings is 2. The Bertz CT molecular complexity index is 1510. The molecule has 2 aliphatic rings. The van der Waals surface area contributed by atoms with Crippen molar-refractivity contribution in [2.24, 2.45) is 0 Å². The summed E-state index contributed by atoms with van der Waals surface area (Å²) in [7, 11) is 0. The van der Waals surface area contributed by atoms with E-state index in [0.717, 1.165) is 22.1 Å². The van der Waals surface area contributed by atoms with E-state index in [1.165, 1.54) is 0 Å². The largest absolute Gasteiger partial charge is 0.458 e. The van der Waals surface area contributed by atoms with Crippen LogP contribution in [0.15, 0.2) is 23.0 Å². The molecule has 1 amide bonds. The predicted molar refractivity (Wildman–Crippen MR) is 132 cm³/mol. The molecule has 0 bridgehead atoms. The number of hydrogen-bond donors (Lipinski definition) is 3. The second-order valence-corrected chi connectivity index (χ2v) is 9.88. The lowest BCUT2D eigenvalue weighted by atomic mass is 9.86. The fourth-order valence-corrected chi connectivity index (χ4v) is 5.18. The topological polar surface area (TPSA) is 131 Å². The zero-order valence-corrected chi connectivity index (χ0v) is 20.9. The summed E-state index contributed by atoms with van der Waals surface area (Å²) in [6.45, 7) is 5.23. The third-order valence-corrected chi connectivity index (χ3v) is 7.44. The van der Waals surface area contributed by atoms with E-state index in [1.807, 2.05) is 13.0 Å². The van der Waals surface area contributed by atoms with Crippen molar-refractivity contribution in [1.29, 1.82) is 0 Å². The van der Waals surface area contributed by atoms with Crippen LogP contribution in [0.2, 0.25) is 5.02 Å². The van der Waals surface area contributed by atoms with Gasteiger partial charge in [0.25, 0.3) is 5.56 Å². The summed E-state index contributed by atoms with van der Waals surface area (Å²) in [5.74, 6) is -1.09. The van der Waals surface area contributed by atoms with E-state index < -0.39 is 17.7 Å². The highest BCUT2D eigenvalue weighted by atomic mass is 35.5. The van der Waals surface area contributed by atoms with Crippen molar-refractivity contribution in [3.05, 3.63) is 61.4 Å². The highest BCUT2D eigenvalue weighted by molar-refractivity contribution is 6.32. The molecule has 1 aromatic carbocycles. The molecule has 3 aromatic rings. The van der Waals surface area contributed by atoms with Crippen LogP contribution in [0.1, 0.15) is 54.5 Å². The lowest BCUT2D eigenvalue weighted by Crippen LogP contribution is -2.44. The van der Waals surface area contributed by atoms with Gasteiger partial charge in [-0.25, -0.2) is 9.78 Å². The number of fused-ring (bicyclic) bond motifs is 5. The number of halogens is 1. The first-order valence-electron chi connectivity index (χ1n) is 11.8. The Hall–Kier alpha value is -3.27. The highest BCUT2D eigenvalue weighted by Crippen LogP contribution is 2.40. The molecule has 0 aliphatic carbocycles. The lowest BCUT2D eigenvalue weighted by Gasteiger charge is -2.31. The molecule has 0 spiro atoms. The molecule has 188 valence electrons. The Morgan fingerprint density at radius 2 is 2.06 bits per heavy atom. The number of nitrogens with one attached hydrogen (secondary N) is 1. The molecule has 0 radical (unpaired) electrons. The summed E-state index contributed by atoms with van der Waals surface area (Å²) in [6, 6.07) is 5.30. The smallest absolute Gasteiger partial charge is 0.343 e. The van der Waals surface area contributed by atoms with Crippen LogP contribution in [-0.4, -0.2) is 37.7 Å². The fraction of sp³-hybridized carbons (Fsp3) is 0.385. The van der Waals surface area contributed by atoms with Crippen LogP contribution in [0.4, 0.5) is 0 Å². The standard InChI is InChI=1S/C26H26ClN3O6/c1-4-26(35)18-7-21-23-16(10-30(21)24(33)17(18)11-36-25(26)34)15(9-28-22(32)6-13(3)31)14-5-12(2)19(27)8-20(14)29-23/h5,7-8,13,31,35H,4,6,9-11H2,1-3H3,(H,28,32)/t13-,26+/m1/s1. The SMILES string of the molecule is CC[C@@]1(O)C(=O)OCc2c1cc1n(c2=O)Cc2c-1nc1cc(Cl)c(C)cc1c2CNC(=O)C[C@@H](C)O. The number of cyclic esters (lactones) is 1. The number of aromatic nitrogens is 2. The van der Waals surface area contributed by atoms with Crippen molar-refractivity contribution < 1.29 is 24.5 Å². The molecule has 2 aliphatic heterocycles. The van der Waals surface area contributed by atoms with Crippen molar-refractivity contribution >= 4 is 34.4 Å². The monoisotopic (exact) mass is 511 g/mol. The number of amides is 1. The zero-order valence-electron chi connectivity index (χ0n) is 20.1. The van der Waals surface area contributed by atoms with Crippen LogP contribution >= 0.6 is 11.6 Å². The van der Waals surface area contributed by atoms with Crippen LogP contribution < -0.4 is 10.9 Å². The van der Waals surface area contributed by atoms with Gasteiger partial charge in [-0.15, -0.1) is 0 Å². The second kappa shape index (κ2) is 8.69. The molecular weight excluding hydrogens is 486 g/mol. The van der Waals surface area contributed by atoms with Gasteiger partial charge in [-0.1, -0.05) is 18.5 Å². The Morgan fingerprint density at radius 1 is 1.31 bits per heavy atom. The van der Waals surface area contributed by atoms with E-state index in [2.05, 4.69) is 5.32 Å². The first-order valence-corrected chi connectivity index (χ1v) is 12.2. The number of rotatable bonds is 5. The van der Waals surface area contributed by atoms with Crippen molar-refractivity contribution in [1.82, 2.24) is 14.9 Å². The Kier molecular flexibility index (Phi) is 5.89. The number of aliphatic hydroxyl groups is 2. The minimum atomic E-state index is -1.92. The van der Waals surface area contributed by atoms with E-state index in [1.54, 1.807) is 30.5 Å². The van der Waals surface area contributed by atoms with Crippen molar-refractivity contribution in [3.8, 4) is 11.4 Å². The summed E-state index contributed by atoms with van der Waals surface area (Å²) in [5.41, 5.74) is 2.18. The van der Waals surface area contributed by atoms with Gasteiger partial charge in [0.2, 0.25) is 5.91 Å².